The number of rotatable bonds is 5. The lowest BCUT2D eigenvalue weighted by Gasteiger charge is -2.26. The molecule has 6 nitrogen and oxygen atoms in total. The summed E-state index contributed by atoms with van der Waals surface area (Å²) >= 11 is 3.77. The zero-order valence-electron chi connectivity index (χ0n) is 13.5. The second-order valence-electron chi connectivity index (χ2n) is 5.38. The van der Waals surface area contributed by atoms with Gasteiger partial charge in [-0.3, -0.25) is 4.99 Å². The van der Waals surface area contributed by atoms with Crippen LogP contribution in [0.25, 0.3) is 0 Å². The topological polar surface area (TPSA) is 73.8 Å². The Kier molecular flexibility index (Phi) is 10.6. The molecular weight excluding hydrogens is 467 g/mol. The number of hydrogen-bond donors (Lipinski definition) is 2. The Balaban J connectivity index is 0.00000264. The molecule has 0 amide bonds. The van der Waals surface area contributed by atoms with Gasteiger partial charge in [0.2, 0.25) is 10.0 Å². The summed E-state index contributed by atoms with van der Waals surface area (Å²) < 4.78 is 26.1. The molecule has 2 aliphatic heterocycles. The molecule has 0 radical (unpaired) electrons. The Hall–Kier alpha value is 0.610. The molecule has 0 spiro atoms. The number of hydrogen-bond acceptors (Lipinski definition) is 5. The van der Waals surface area contributed by atoms with Gasteiger partial charge in [0.05, 0.1) is 5.75 Å². The summed E-state index contributed by atoms with van der Waals surface area (Å²) in [6.07, 6.45) is 2.37. The van der Waals surface area contributed by atoms with Gasteiger partial charge in [0, 0.05) is 50.0 Å². The summed E-state index contributed by atoms with van der Waals surface area (Å²) in [5.74, 6) is 4.94. The number of sulfonamides is 1. The zero-order valence-corrected chi connectivity index (χ0v) is 18.3. The molecule has 0 saturated carbocycles. The van der Waals surface area contributed by atoms with E-state index in [9.17, 15) is 8.42 Å². The van der Waals surface area contributed by atoms with Crippen LogP contribution in [-0.2, 0) is 10.0 Å². The number of nitrogens with zero attached hydrogens (tertiary/aromatic N) is 2. The summed E-state index contributed by atoms with van der Waals surface area (Å²) in [5.41, 5.74) is 0. The van der Waals surface area contributed by atoms with Gasteiger partial charge in [0.15, 0.2) is 5.96 Å². The third-order valence-electron chi connectivity index (χ3n) is 3.74. The monoisotopic (exact) mass is 494 g/mol. The van der Waals surface area contributed by atoms with Crippen molar-refractivity contribution in [1.82, 2.24) is 14.9 Å². The van der Waals surface area contributed by atoms with Crippen molar-refractivity contribution in [2.24, 2.45) is 4.99 Å². The molecular formula is C13H27IN4O2S3. The molecule has 1 unspecified atom stereocenters. The average molecular weight is 494 g/mol. The van der Waals surface area contributed by atoms with Gasteiger partial charge in [-0.1, -0.05) is 0 Å². The number of aliphatic imine (C=N–C) groups is 1. The van der Waals surface area contributed by atoms with Gasteiger partial charge in [0.1, 0.15) is 0 Å². The van der Waals surface area contributed by atoms with E-state index in [1.165, 1.54) is 12.2 Å². The highest BCUT2D eigenvalue weighted by molar-refractivity contribution is 14.0. The first kappa shape index (κ1) is 21.7. The molecule has 2 aliphatic rings. The first-order valence-electron chi connectivity index (χ1n) is 7.72. The van der Waals surface area contributed by atoms with Crippen molar-refractivity contribution >= 4 is 63.5 Å². The van der Waals surface area contributed by atoms with Crippen molar-refractivity contribution in [3.05, 3.63) is 0 Å². The molecule has 0 aromatic heterocycles. The summed E-state index contributed by atoms with van der Waals surface area (Å²) in [7, 11) is -1.43. The minimum atomic E-state index is -3.15. The highest BCUT2D eigenvalue weighted by Crippen LogP contribution is 2.16. The van der Waals surface area contributed by atoms with E-state index in [0.717, 1.165) is 23.7 Å². The highest BCUT2D eigenvalue weighted by Gasteiger charge is 2.23. The largest absolute Gasteiger partial charge is 0.355 e. The van der Waals surface area contributed by atoms with Crippen LogP contribution in [0.15, 0.2) is 4.99 Å². The maximum atomic E-state index is 12.3. The SMILES string of the molecule is CN=C(NCCS(=O)(=O)N1CCSCC1)NC1CCCSC1.I. The molecule has 2 rings (SSSR count). The van der Waals surface area contributed by atoms with Crippen LogP contribution >= 0.6 is 47.5 Å². The van der Waals surface area contributed by atoms with E-state index in [1.807, 2.05) is 23.5 Å². The van der Waals surface area contributed by atoms with E-state index in [0.29, 0.717) is 31.6 Å². The van der Waals surface area contributed by atoms with Crippen molar-refractivity contribution in [3.8, 4) is 0 Å². The normalized spacial score (nSPS) is 23.9. The summed E-state index contributed by atoms with van der Waals surface area (Å²) in [6, 6.07) is 0.431. The van der Waals surface area contributed by atoms with Crippen LogP contribution in [0.1, 0.15) is 12.8 Å². The lowest BCUT2D eigenvalue weighted by Crippen LogP contribution is -2.47. The molecule has 2 heterocycles. The van der Waals surface area contributed by atoms with Crippen LogP contribution < -0.4 is 10.6 Å². The Morgan fingerprint density at radius 3 is 2.61 bits per heavy atom. The van der Waals surface area contributed by atoms with Gasteiger partial charge in [-0.05, 0) is 18.6 Å². The maximum Gasteiger partial charge on any atom is 0.215 e. The molecule has 0 aromatic rings. The smallest absolute Gasteiger partial charge is 0.215 e. The van der Waals surface area contributed by atoms with Crippen molar-refractivity contribution in [2.75, 3.05) is 55.4 Å². The van der Waals surface area contributed by atoms with Crippen LogP contribution in [0.5, 0.6) is 0 Å². The minimum Gasteiger partial charge on any atom is -0.355 e. The van der Waals surface area contributed by atoms with Crippen LogP contribution in [-0.4, -0.2) is 80.2 Å². The fourth-order valence-corrected chi connectivity index (χ4v) is 6.06. The Labute approximate surface area is 165 Å². The quantitative estimate of drug-likeness (QED) is 0.338. The van der Waals surface area contributed by atoms with Gasteiger partial charge in [-0.25, -0.2) is 12.7 Å². The van der Waals surface area contributed by atoms with Gasteiger partial charge in [0.25, 0.3) is 0 Å². The molecule has 2 N–H and O–H groups in total. The summed E-state index contributed by atoms with van der Waals surface area (Å²) in [6.45, 7) is 1.67. The number of halogens is 1. The third-order valence-corrected chi connectivity index (χ3v) is 7.77. The van der Waals surface area contributed by atoms with Gasteiger partial charge in [-0.2, -0.15) is 23.5 Å². The molecule has 10 heteroatoms. The van der Waals surface area contributed by atoms with Gasteiger partial charge < -0.3 is 10.6 Å². The predicted octanol–water partition coefficient (Wildman–Crippen LogP) is 1.04. The first-order chi connectivity index (χ1) is 10.6. The van der Waals surface area contributed by atoms with E-state index in [-0.39, 0.29) is 29.7 Å². The summed E-state index contributed by atoms with van der Waals surface area (Å²) in [4.78, 5) is 4.19. The van der Waals surface area contributed by atoms with Crippen LogP contribution in [0, 0.1) is 0 Å². The predicted molar refractivity (Wildman–Crippen MR) is 113 cm³/mol. The van der Waals surface area contributed by atoms with Crippen LogP contribution in [0.3, 0.4) is 0 Å². The lowest BCUT2D eigenvalue weighted by molar-refractivity contribution is 0.443. The van der Waals surface area contributed by atoms with Gasteiger partial charge >= 0.3 is 0 Å². The molecule has 23 heavy (non-hydrogen) atoms. The fourth-order valence-electron chi connectivity index (χ4n) is 2.49. The number of guanidine groups is 1. The maximum absolute atomic E-state index is 12.3. The molecule has 0 aliphatic carbocycles. The Bertz CT molecular complexity index is 464. The van der Waals surface area contributed by atoms with E-state index in [2.05, 4.69) is 15.6 Å². The highest BCUT2D eigenvalue weighted by atomic mass is 127. The molecule has 2 fully saturated rings. The number of thioether (sulfide) groups is 2. The molecule has 136 valence electrons. The van der Waals surface area contributed by atoms with Gasteiger partial charge in [-0.15, -0.1) is 24.0 Å². The van der Waals surface area contributed by atoms with E-state index in [4.69, 9.17) is 0 Å². The molecule has 2 saturated heterocycles. The summed E-state index contributed by atoms with van der Waals surface area (Å²) in [5, 5.41) is 6.51. The van der Waals surface area contributed by atoms with E-state index < -0.39 is 10.0 Å². The second-order valence-corrected chi connectivity index (χ2v) is 9.85. The second kappa shape index (κ2) is 11.3. The minimum absolute atomic E-state index is 0. The van der Waals surface area contributed by atoms with Crippen molar-refractivity contribution in [3.63, 3.8) is 0 Å². The zero-order chi connectivity index (χ0) is 15.8. The van der Waals surface area contributed by atoms with Crippen molar-refractivity contribution in [1.29, 1.82) is 0 Å². The standard InChI is InChI=1S/C13H26N4O2S3.HI/c1-14-13(16-12-3-2-7-21-11-12)15-4-10-22(18,19)17-5-8-20-9-6-17;/h12H,2-11H2,1H3,(H2,14,15,16);1H. The Morgan fingerprint density at radius 1 is 1.26 bits per heavy atom. The van der Waals surface area contributed by atoms with Crippen molar-refractivity contribution in [2.45, 2.75) is 18.9 Å². The van der Waals surface area contributed by atoms with Crippen molar-refractivity contribution < 1.29 is 8.42 Å². The molecule has 1 atom stereocenters. The van der Waals surface area contributed by atoms with Crippen LogP contribution in [0.2, 0.25) is 0 Å². The lowest BCUT2D eigenvalue weighted by atomic mass is 10.2. The first-order valence-corrected chi connectivity index (χ1v) is 11.6. The fraction of sp³-hybridized carbons (Fsp3) is 0.923. The number of nitrogens with one attached hydrogen (secondary N) is 2. The van der Waals surface area contributed by atoms with E-state index >= 15 is 0 Å². The Morgan fingerprint density at radius 2 is 2.00 bits per heavy atom. The average Bonchev–Trinajstić information content (AvgIpc) is 2.55. The van der Waals surface area contributed by atoms with E-state index in [1.54, 1.807) is 11.4 Å². The van der Waals surface area contributed by atoms with Crippen LogP contribution in [0.4, 0.5) is 0 Å². The third kappa shape index (κ3) is 7.57. The molecule has 0 bridgehead atoms. The molecule has 0 aromatic carbocycles.